The van der Waals surface area contributed by atoms with Gasteiger partial charge in [0.2, 0.25) is 0 Å². The molecule has 0 aliphatic rings. The summed E-state index contributed by atoms with van der Waals surface area (Å²) in [5, 5.41) is 11.2. The van der Waals surface area contributed by atoms with Crippen molar-refractivity contribution >= 4 is 60.3 Å². The second-order valence-corrected chi connectivity index (χ2v) is 11.7. The second-order valence-electron chi connectivity index (χ2n) is 8.95. The lowest BCUT2D eigenvalue weighted by Crippen LogP contribution is -1.90. The zero-order valence-corrected chi connectivity index (χ0v) is 21.2. The Morgan fingerprint density at radius 3 is 1.00 bits per heavy atom. The highest BCUT2D eigenvalue weighted by Crippen LogP contribution is 2.36. The van der Waals surface area contributed by atoms with Crippen LogP contribution < -0.4 is 0 Å². The Labute approximate surface area is 205 Å². The van der Waals surface area contributed by atoms with Crippen molar-refractivity contribution in [2.45, 2.75) is 12.3 Å². The molecule has 0 nitrogen and oxygen atoms in total. The van der Waals surface area contributed by atoms with Gasteiger partial charge in [-0.2, -0.15) is 0 Å². The van der Waals surface area contributed by atoms with Crippen LogP contribution in [0.5, 0.6) is 0 Å². The predicted octanol–water partition coefficient (Wildman–Crippen LogP) is 9.36. The van der Waals surface area contributed by atoms with E-state index in [1.165, 1.54) is 78.9 Å². The summed E-state index contributed by atoms with van der Waals surface area (Å²) in [5.41, 5.74) is 3.07. The van der Waals surface area contributed by atoms with Gasteiger partial charge in [-0.25, -0.2) is 0 Å². The van der Waals surface area contributed by atoms with Gasteiger partial charge >= 0.3 is 0 Å². The van der Waals surface area contributed by atoms with Crippen LogP contribution in [0.15, 0.2) is 109 Å². The second kappa shape index (κ2) is 9.84. The summed E-state index contributed by atoms with van der Waals surface area (Å²) in [6.07, 6.45) is 5.00. The van der Waals surface area contributed by atoms with E-state index in [4.69, 9.17) is 0 Å². The van der Waals surface area contributed by atoms with E-state index in [9.17, 15) is 0 Å². The maximum Gasteiger partial charge on any atom is -0.00882 e. The zero-order valence-electron chi connectivity index (χ0n) is 19.2. The SMILES string of the molecule is c1ccc2c(CPCCPCc3c4ccccc4cc4ccccc34)c3ccccc3cc2c1. The summed E-state index contributed by atoms with van der Waals surface area (Å²) in [6, 6.07) is 40.2. The Bertz CT molecular complexity index is 1390. The molecular weight excluding hydrogens is 446 g/mol. The zero-order chi connectivity index (χ0) is 22.7. The Balaban J connectivity index is 1.16. The summed E-state index contributed by atoms with van der Waals surface area (Å²) < 4.78 is 0. The fourth-order valence-corrected chi connectivity index (χ4v) is 8.23. The van der Waals surface area contributed by atoms with E-state index in [0.29, 0.717) is 0 Å². The minimum atomic E-state index is 0.973. The quantitative estimate of drug-likeness (QED) is 0.123. The van der Waals surface area contributed by atoms with E-state index in [1.54, 1.807) is 0 Å². The first-order valence-electron chi connectivity index (χ1n) is 12.1. The highest BCUT2D eigenvalue weighted by molar-refractivity contribution is 7.41. The first-order valence-corrected chi connectivity index (χ1v) is 14.9. The van der Waals surface area contributed by atoms with Crippen LogP contribution in [0, 0.1) is 0 Å². The number of benzene rings is 6. The van der Waals surface area contributed by atoms with E-state index < -0.39 is 0 Å². The van der Waals surface area contributed by atoms with Gasteiger partial charge in [0.25, 0.3) is 0 Å². The molecule has 166 valence electrons. The molecule has 0 aliphatic carbocycles. The van der Waals surface area contributed by atoms with Crippen LogP contribution in [0.25, 0.3) is 43.1 Å². The number of hydrogen-bond acceptors (Lipinski definition) is 0. The van der Waals surface area contributed by atoms with Gasteiger partial charge in [0, 0.05) is 0 Å². The van der Waals surface area contributed by atoms with E-state index in [1.807, 2.05) is 0 Å². The van der Waals surface area contributed by atoms with Crippen molar-refractivity contribution in [3.63, 3.8) is 0 Å². The third-order valence-electron chi connectivity index (χ3n) is 6.85. The molecule has 0 heterocycles. The van der Waals surface area contributed by atoms with Gasteiger partial charge in [0.15, 0.2) is 0 Å². The number of hydrogen-bond donors (Lipinski definition) is 0. The summed E-state index contributed by atoms with van der Waals surface area (Å²) >= 11 is 0. The number of rotatable bonds is 7. The summed E-state index contributed by atoms with van der Waals surface area (Å²) in [6.45, 7) is 0. The molecular formula is C32H28P2. The monoisotopic (exact) mass is 474 g/mol. The van der Waals surface area contributed by atoms with Crippen molar-refractivity contribution in [2.75, 3.05) is 12.3 Å². The lowest BCUT2D eigenvalue weighted by atomic mass is 9.98. The normalized spacial score (nSPS) is 12.4. The van der Waals surface area contributed by atoms with E-state index in [0.717, 1.165) is 17.2 Å². The van der Waals surface area contributed by atoms with Crippen LogP contribution in [0.2, 0.25) is 0 Å². The van der Waals surface area contributed by atoms with Crippen LogP contribution in [0.4, 0.5) is 0 Å². The van der Waals surface area contributed by atoms with Crippen LogP contribution in [0.1, 0.15) is 11.1 Å². The molecule has 6 aromatic carbocycles. The molecule has 0 saturated heterocycles. The first-order chi connectivity index (χ1) is 16.9. The molecule has 0 spiro atoms. The highest BCUT2D eigenvalue weighted by atomic mass is 31.1. The Kier molecular flexibility index (Phi) is 6.29. The average molecular weight is 475 g/mol. The Hall–Kier alpha value is -2.78. The first kappa shape index (κ1) is 21.7. The van der Waals surface area contributed by atoms with Crippen molar-refractivity contribution < 1.29 is 0 Å². The lowest BCUT2D eigenvalue weighted by Gasteiger charge is -2.13. The van der Waals surface area contributed by atoms with Crippen molar-refractivity contribution in [3.8, 4) is 0 Å². The third kappa shape index (κ3) is 4.22. The fraction of sp³-hybridized carbons (Fsp3) is 0.125. The minimum absolute atomic E-state index is 0.973. The van der Waals surface area contributed by atoms with Gasteiger partial charge in [-0.15, -0.1) is 17.2 Å². The van der Waals surface area contributed by atoms with Crippen molar-refractivity contribution in [2.24, 2.45) is 0 Å². The summed E-state index contributed by atoms with van der Waals surface area (Å²) in [5.74, 6) is 0. The molecule has 2 unspecified atom stereocenters. The molecule has 6 aromatic rings. The van der Waals surface area contributed by atoms with Gasteiger partial charge in [0.05, 0.1) is 0 Å². The molecule has 34 heavy (non-hydrogen) atoms. The van der Waals surface area contributed by atoms with Crippen molar-refractivity contribution in [1.82, 2.24) is 0 Å². The molecule has 0 bridgehead atoms. The molecule has 6 rings (SSSR count). The standard InChI is InChI=1S/C32H28P2/c1-5-13-27-23(9-1)19-24-10-2-6-14-28(24)31(27)21-33-17-18-34-22-32-29-15-7-3-11-25(29)20-26-12-4-8-16-30(26)32/h1-16,19-20,33-34H,17-18,21-22H2. The summed E-state index contributed by atoms with van der Waals surface area (Å²) in [7, 11) is 1.95. The van der Waals surface area contributed by atoms with Gasteiger partial charge in [-0.05, 0) is 91.0 Å². The molecule has 0 N–H and O–H groups in total. The molecule has 0 aromatic heterocycles. The summed E-state index contributed by atoms with van der Waals surface area (Å²) in [4.78, 5) is 0. The topological polar surface area (TPSA) is 0 Å². The van der Waals surface area contributed by atoms with Crippen LogP contribution in [-0.4, -0.2) is 12.3 Å². The van der Waals surface area contributed by atoms with Gasteiger partial charge in [0.1, 0.15) is 0 Å². The molecule has 0 aliphatic heterocycles. The molecule has 0 radical (unpaired) electrons. The largest absolute Gasteiger partial charge is 0.117 e. The van der Waals surface area contributed by atoms with Crippen molar-refractivity contribution in [1.29, 1.82) is 0 Å². The molecule has 0 fully saturated rings. The molecule has 2 heteroatoms. The van der Waals surface area contributed by atoms with E-state index in [2.05, 4.69) is 109 Å². The molecule has 2 atom stereocenters. The van der Waals surface area contributed by atoms with E-state index >= 15 is 0 Å². The minimum Gasteiger partial charge on any atom is -0.117 e. The van der Waals surface area contributed by atoms with Crippen LogP contribution >= 0.6 is 17.2 Å². The lowest BCUT2D eigenvalue weighted by molar-refractivity contribution is 1.41. The Morgan fingerprint density at radius 2 is 0.676 bits per heavy atom. The van der Waals surface area contributed by atoms with Crippen LogP contribution in [0.3, 0.4) is 0 Å². The van der Waals surface area contributed by atoms with Crippen LogP contribution in [-0.2, 0) is 12.3 Å². The van der Waals surface area contributed by atoms with Gasteiger partial charge in [-0.1, -0.05) is 97.1 Å². The van der Waals surface area contributed by atoms with Crippen molar-refractivity contribution in [3.05, 3.63) is 120 Å². The maximum absolute atomic E-state index is 2.34. The van der Waals surface area contributed by atoms with E-state index in [-0.39, 0.29) is 0 Å². The smallest absolute Gasteiger partial charge is 0.00882 e. The molecule has 0 amide bonds. The highest BCUT2D eigenvalue weighted by Gasteiger charge is 2.09. The van der Waals surface area contributed by atoms with Gasteiger partial charge in [-0.3, -0.25) is 0 Å². The average Bonchev–Trinajstić information content (AvgIpc) is 2.89. The molecule has 0 saturated carbocycles. The number of fused-ring (bicyclic) bond motifs is 4. The fourth-order valence-electron chi connectivity index (χ4n) is 5.20. The maximum atomic E-state index is 2.34. The third-order valence-corrected chi connectivity index (χ3v) is 9.76. The van der Waals surface area contributed by atoms with Gasteiger partial charge < -0.3 is 0 Å². The Morgan fingerprint density at radius 1 is 0.382 bits per heavy atom. The predicted molar refractivity (Wildman–Crippen MR) is 157 cm³/mol.